The van der Waals surface area contributed by atoms with Crippen molar-refractivity contribution in [1.82, 2.24) is 0 Å². The fraction of sp³-hybridized carbons (Fsp3) is 0.160. The van der Waals surface area contributed by atoms with Gasteiger partial charge in [0, 0.05) is 28.3 Å². The topological polar surface area (TPSA) is 29.5 Å². The summed E-state index contributed by atoms with van der Waals surface area (Å²) >= 11 is 19.1. The van der Waals surface area contributed by atoms with E-state index < -0.39 is 0 Å². The maximum Gasteiger partial charge on any atom is 0.258 e. The van der Waals surface area contributed by atoms with Crippen molar-refractivity contribution >= 4 is 58.0 Å². The number of halogens is 3. The smallest absolute Gasteiger partial charge is 0.258 e. The van der Waals surface area contributed by atoms with Crippen LogP contribution in [0.25, 0.3) is 11.6 Å². The van der Waals surface area contributed by atoms with Gasteiger partial charge in [0.2, 0.25) is 0 Å². The maximum absolute atomic E-state index is 13.0. The van der Waals surface area contributed by atoms with Crippen LogP contribution in [0, 0.1) is 0 Å². The molecule has 0 saturated carbocycles. The van der Waals surface area contributed by atoms with Crippen molar-refractivity contribution in [3.05, 3.63) is 92.4 Å². The second-order valence-electron chi connectivity index (χ2n) is 7.23. The van der Waals surface area contributed by atoms with Gasteiger partial charge in [-0.25, -0.2) is 0 Å². The van der Waals surface area contributed by atoms with Crippen LogP contribution in [0.5, 0.6) is 5.75 Å². The van der Waals surface area contributed by atoms with Crippen molar-refractivity contribution in [2.75, 3.05) is 11.4 Å². The summed E-state index contributed by atoms with van der Waals surface area (Å²) in [5.74, 6) is 0.366. The van der Waals surface area contributed by atoms with E-state index >= 15 is 0 Å². The van der Waals surface area contributed by atoms with Crippen LogP contribution in [0.1, 0.15) is 30.0 Å². The summed E-state index contributed by atoms with van der Waals surface area (Å²) in [7, 11) is 0. The molecule has 0 radical (unpaired) electrons. The van der Waals surface area contributed by atoms with Gasteiger partial charge in [0.05, 0.1) is 15.7 Å². The Kier molecular flexibility index (Phi) is 6.57. The Morgan fingerprint density at radius 2 is 1.61 bits per heavy atom. The molecule has 1 amide bonds. The van der Waals surface area contributed by atoms with Crippen molar-refractivity contribution in [3.8, 4) is 5.75 Å². The number of para-hydroxylation sites is 1. The second kappa shape index (κ2) is 9.35. The molecule has 3 aromatic rings. The number of ether oxygens (including phenoxy) is 1. The van der Waals surface area contributed by atoms with Gasteiger partial charge in [-0.15, -0.1) is 0 Å². The average Bonchev–Trinajstić information content (AvgIpc) is 3.01. The number of fused-ring (bicyclic) bond motifs is 1. The maximum atomic E-state index is 13.0. The Bertz CT molecular complexity index is 1150. The highest BCUT2D eigenvalue weighted by Crippen LogP contribution is 2.40. The molecule has 1 heterocycles. The Hall–Kier alpha value is -2.46. The summed E-state index contributed by atoms with van der Waals surface area (Å²) in [4.78, 5) is 14.9. The lowest BCUT2D eigenvalue weighted by Crippen LogP contribution is -2.26. The molecule has 6 heteroatoms. The van der Waals surface area contributed by atoms with Crippen molar-refractivity contribution in [3.63, 3.8) is 0 Å². The Labute approximate surface area is 196 Å². The molecule has 4 rings (SSSR count). The minimum absolute atomic E-state index is 0.0191. The van der Waals surface area contributed by atoms with Crippen LogP contribution in [0.3, 0.4) is 0 Å². The zero-order valence-corrected chi connectivity index (χ0v) is 19.1. The monoisotopic (exact) mass is 471 g/mol. The normalized spacial score (nSPS) is 14.3. The van der Waals surface area contributed by atoms with Gasteiger partial charge in [-0.3, -0.25) is 4.79 Å². The molecule has 0 aromatic heterocycles. The van der Waals surface area contributed by atoms with E-state index in [1.165, 1.54) is 0 Å². The molecule has 1 aliphatic heterocycles. The third-order valence-corrected chi connectivity index (χ3v) is 6.00. The number of benzene rings is 3. The molecule has 0 fully saturated rings. The number of rotatable bonds is 6. The van der Waals surface area contributed by atoms with Gasteiger partial charge < -0.3 is 9.64 Å². The molecule has 0 spiro atoms. The zero-order valence-electron chi connectivity index (χ0n) is 16.9. The summed E-state index contributed by atoms with van der Waals surface area (Å²) in [5.41, 5.74) is 4.04. The van der Waals surface area contributed by atoms with E-state index in [9.17, 15) is 4.79 Å². The third-order valence-electron chi connectivity index (χ3n) is 5.07. The molecular formula is C25H20Cl3NO2. The van der Waals surface area contributed by atoms with Crippen LogP contribution in [-0.4, -0.2) is 12.5 Å². The predicted molar refractivity (Wildman–Crippen MR) is 129 cm³/mol. The Morgan fingerprint density at radius 1 is 0.935 bits per heavy atom. The highest BCUT2D eigenvalue weighted by Gasteiger charge is 2.31. The predicted octanol–water partition coefficient (Wildman–Crippen LogP) is 7.52. The molecule has 0 bridgehead atoms. The van der Waals surface area contributed by atoms with Gasteiger partial charge in [0.15, 0.2) is 5.75 Å². The van der Waals surface area contributed by atoms with E-state index in [4.69, 9.17) is 39.5 Å². The number of nitrogens with zero attached hydrogens (tertiary/aromatic N) is 1. The van der Waals surface area contributed by atoms with E-state index in [2.05, 4.69) is 6.92 Å². The highest BCUT2D eigenvalue weighted by molar-refractivity contribution is 6.38. The SMILES string of the molecule is CCCN1C(=O)/C(=C\c2cc(Cl)c(OCc3ccccc3Cl)c(Cl)c2)c2ccccc21. The van der Waals surface area contributed by atoms with Gasteiger partial charge in [0.25, 0.3) is 5.91 Å². The van der Waals surface area contributed by atoms with Gasteiger partial charge >= 0.3 is 0 Å². The lowest BCUT2D eigenvalue weighted by Gasteiger charge is -2.15. The third kappa shape index (κ3) is 4.45. The lowest BCUT2D eigenvalue weighted by atomic mass is 10.0. The molecule has 1 aliphatic rings. The van der Waals surface area contributed by atoms with Crippen LogP contribution >= 0.6 is 34.8 Å². The molecule has 0 unspecified atom stereocenters. The largest absolute Gasteiger partial charge is 0.486 e. The standard InChI is InChI=1S/C25H20Cl3NO2/c1-2-11-29-23-10-6-4-8-18(23)19(25(29)30)12-16-13-21(27)24(22(28)14-16)31-15-17-7-3-5-9-20(17)26/h3-10,12-14H,2,11,15H2,1H3/b19-12-. The molecule has 158 valence electrons. The van der Waals surface area contributed by atoms with Crippen LogP contribution < -0.4 is 9.64 Å². The molecule has 0 saturated heterocycles. The van der Waals surface area contributed by atoms with Crippen LogP contribution in [0.15, 0.2) is 60.7 Å². The minimum atomic E-state index is -0.0191. The Morgan fingerprint density at radius 3 is 2.32 bits per heavy atom. The fourth-order valence-electron chi connectivity index (χ4n) is 3.62. The van der Waals surface area contributed by atoms with Gasteiger partial charge in [-0.2, -0.15) is 0 Å². The molecule has 0 atom stereocenters. The zero-order chi connectivity index (χ0) is 22.0. The molecule has 3 aromatic carbocycles. The van der Waals surface area contributed by atoms with Gasteiger partial charge in [-0.1, -0.05) is 78.1 Å². The van der Waals surface area contributed by atoms with E-state index in [-0.39, 0.29) is 12.5 Å². The number of carbonyl (C=O) groups is 1. The van der Waals surface area contributed by atoms with Crippen molar-refractivity contribution in [2.45, 2.75) is 20.0 Å². The number of hydrogen-bond donors (Lipinski definition) is 0. The second-order valence-corrected chi connectivity index (χ2v) is 8.45. The first kappa shape index (κ1) is 21.8. The van der Waals surface area contributed by atoms with Crippen molar-refractivity contribution < 1.29 is 9.53 Å². The number of hydrogen-bond acceptors (Lipinski definition) is 2. The number of anilines is 1. The van der Waals surface area contributed by atoms with Gasteiger partial charge in [-0.05, 0) is 42.3 Å². The molecule has 3 nitrogen and oxygen atoms in total. The summed E-state index contributed by atoms with van der Waals surface area (Å²) < 4.78 is 5.84. The molecule has 0 aliphatic carbocycles. The molecule has 31 heavy (non-hydrogen) atoms. The fourth-order valence-corrected chi connectivity index (χ4v) is 4.43. The van der Waals surface area contributed by atoms with Crippen molar-refractivity contribution in [2.24, 2.45) is 0 Å². The molecule has 0 N–H and O–H groups in total. The first-order valence-electron chi connectivity index (χ1n) is 9.97. The van der Waals surface area contributed by atoms with E-state index in [0.29, 0.717) is 32.9 Å². The number of amides is 1. The average molecular weight is 473 g/mol. The summed E-state index contributed by atoms with van der Waals surface area (Å²) in [5, 5.41) is 1.36. The lowest BCUT2D eigenvalue weighted by molar-refractivity contribution is -0.113. The van der Waals surface area contributed by atoms with E-state index in [0.717, 1.165) is 28.8 Å². The highest BCUT2D eigenvalue weighted by atomic mass is 35.5. The van der Waals surface area contributed by atoms with Crippen LogP contribution in [0.4, 0.5) is 5.69 Å². The number of carbonyl (C=O) groups excluding carboxylic acids is 1. The summed E-state index contributed by atoms with van der Waals surface area (Å²) in [6.45, 7) is 2.97. The van der Waals surface area contributed by atoms with E-state index in [1.807, 2.05) is 53.4 Å². The summed E-state index contributed by atoms with van der Waals surface area (Å²) in [6, 6.07) is 18.7. The first-order valence-corrected chi connectivity index (χ1v) is 11.1. The van der Waals surface area contributed by atoms with Gasteiger partial charge in [0.1, 0.15) is 6.61 Å². The first-order chi connectivity index (χ1) is 15.0. The molecular weight excluding hydrogens is 453 g/mol. The quantitative estimate of drug-likeness (QED) is 0.347. The minimum Gasteiger partial charge on any atom is -0.486 e. The van der Waals surface area contributed by atoms with Crippen LogP contribution in [0.2, 0.25) is 15.1 Å². The Balaban J connectivity index is 1.63. The van der Waals surface area contributed by atoms with E-state index in [1.54, 1.807) is 18.2 Å². The van der Waals surface area contributed by atoms with Crippen LogP contribution in [-0.2, 0) is 11.4 Å². The summed E-state index contributed by atoms with van der Waals surface area (Å²) in [6.07, 6.45) is 2.70. The van der Waals surface area contributed by atoms with Crippen molar-refractivity contribution in [1.29, 1.82) is 0 Å².